The number of rotatable bonds is 7. The highest BCUT2D eigenvalue weighted by atomic mass is 35.5. The van der Waals surface area contributed by atoms with Crippen molar-refractivity contribution in [1.82, 2.24) is 5.32 Å². The Balaban J connectivity index is 2.09. The summed E-state index contributed by atoms with van der Waals surface area (Å²) in [6.07, 6.45) is 1.93. The second-order valence-corrected chi connectivity index (χ2v) is 4.75. The molecule has 0 spiro atoms. The minimum absolute atomic E-state index is 0.792. The van der Waals surface area contributed by atoms with Gasteiger partial charge in [0.1, 0.15) is 0 Å². The Bertz CT molecular complexity index is 284. The fourth-order valence-electron chi connectivity index (χ4n) is 1.15. The molecule has 1 aromatic rings. The molecule has 0 atom stereocenters. The molecule has 0 aliphatic heterocycles. The molecule has 0 saturated carbocycles. The Labute approximate surface area is 101 Å². The molecule has 0 fully saturated rings. The first kappa shape index (κ1) is 12.6. The van der Waals surface area contributed by atoms with Gasteiger partial charge < -0.3 is 5.32 Å². The Hall–Kier alpha value is -0.440. The lowest BCUT2D eigenvalue weighted by Crippen LogP contribution is -2.16. The highest BCUT2D eigenvalue weighted by Crippen LogP contribution is 2.09. The summed E-state index contributed by atoms with van der Waals surface area (Å²) in [5.74, 6) is 2.15. The van der Waals surface area contributed by atoms with Crippen molar-refractivity contribution in [3.8, 4) is 0 Å². The van der Waals surface area contributed by atoms with Crippen LogP contribution in [0.1, 0.15) is 5.56 Å². The van der Waals surface area contributed by atoms with Crippen LogP contribution in [0.2, 0.25) is 5.02 Å². The van der Waals surface area contributed by atoms with Crippen molar-refractivity contribution in [2.45, 2.75) is 6.54 Å². The van der Waals surface area contributed by atoms with Gasteiger partial charge in [0.25, 0.3) is 0 Å². The maximum absolute atomic E-state index is 5.80. The number of benzene rings is 1. The summed E-state index contributed by atoms with van der Waals surface area (Å²) in [6, 6.07) is 7.94. The van der Waals surface area contributed by atoms with Crippen LogP contribution < -0.4 is 5.32 Å². The van der Waals surface area contributed by atoms with E-state index in [1.54, 1.807) is 0 Å². The lowest BCUT2D eigenvalue weighted by molar-refractivity contribution is 0.732. The Morgan fingerprint density at radius 3 is 2.73 bits per heavy atom. The summed E-state index contributed by atoms with van der Waals surface area (Å²) in [7, 11) is 0. The van der Waals surface area contributed by atoms with E-state index in [2.05, 4.69) is 11.9 Å². The third-order valence-corrected chi connectivity index (χ3v) is 3.12. The smallest absolute Gasteiger partial charge is 0.0406 e. The zero-order valence-corrected chi connectivity index (χ0v) is 10.3. The molecule has 1 nitrogen and oxygen atoms in total. The molecule has 0 bridgehead atoms. The molecule has 0 amide bonds. The Morgan fingerprint density at radius 1 is 1.33 bits per heavy atom. The molecule has 1 rings (SSSR count). The number of hydrogen-bond donors (Lipinski definition) is 1. The Morgan fingerprint density at radius 2 is 2.07 bits per heavy atom. The molecule has 0 unspecified atom stereocenters. The molecule has 0 radical (unpaired) electrons. The van der Waals surface area contributed by atoms with E-state index < -0.39 is 0 Å². The molecular formula is C12H16ClNS. The van der Waals surface area contributed by atoms with Crippen LogP contribution in [-0.2, 0) is 6.54 Å². The first-order valence-electron chi connectivity index (χ1n) is 4.96. The molecule has 0 heterocycles. The van der Waals surface area contributed by atoms with Gasteiger partial charge in [-0.3, -0.25) is 0 Å². The molecule has 3 heteroatoms. The van der Waals surface area contributed by atoms with Crippen molar-refractivity contribution in [3.63, 3.8) is 0 Å². The number of nitrogens with one attached hydrogen (secondary N) is 1. The van der Waals surface area contributed by atoms with Crippen LogP contribution in [0.15, 0.2) is 36.9 Å². The topological polar surface area (TPSA) is 12.0 Å². The quantitative estimate of drug-likeness (QED) is 0.581. The van der Waals surface area contributed by atoms with Crippen LogP contribution >= 0.6 is 23.4 Å². The summed E-state index contributed by atoms with van der Waals surface area (Å²) in [5.41, 5.74) is 1.27. The van der Waals surface area contributed by atoms with Gasteiger partial charge >= 0.3 is 0 Å². The average molecular weight is 242 g/mol. The highest BCUT2D eigenvalue weighted by molar-refractivity contribution is 7.99. The maximum Gasteiger partial charge on any atom is 0.0406 e. The number of hydrogen-bond acceptors (Lipinski definition) is 2. The zero-order chi connectivity index (χ0) is 10.9. The first-order chi connectivity index (χ1) is 7.33. The van der Waals surface area contributed by atoms with Gasteiger partial charge in [0.05, 0.1) is 0 Å². The van der Waals surface area contributed by atoms with E-state index in [1.807, 2.05) is 42.1 Å². The second kappa shape index (κ2) is 7.80. The van der Waals surface area contributed by atoms with E-state index in [0.29, 0.717) is 0 Å². The third-order valence-electron chi connectivity index (χ3n) is 1.90. The van der Waals surface area contributed by atoms with Gasteiger partial charge in [0, 0.05) is 29.6 Å². The lowest BCUT2D eigenvalue weighted by Gasteiger charge is -2.04. The van der Waals surface area contributed by atoms with E-state index in [0.717, 1.165) is 29.6 Å². The molecule has 15 heavy (non-hydrogen) atoms. The molecule has 0 aliphatic rings. The predicted octanol–water partition coefficient (Wildman–Crippen LogP) is 3.35. The molecule has 1 N–H and O–H groups in total. The van der Waals surface area contributed by atoms with E-state index >= 15 is 0 Å². The number of halogens is 1. The van der Waals surface area contributed by atoms with Gasteiger partial charge in [-0.25, -0.2) is 0 Å². The van der Waals surface area contributed by atoms with E-state index in [-0.39, 0.29) is 0 Å². The van der Waals surface area contributed by atoms with Crippen molar-refractivity contribution in [1.29, 1.82) is 0 Å². The van der Waals surface area contributed by atoms with Gasteiger partial charge in [0.15, 0.2) is 0 Å². The fraction of sp³-hybridized carbons (Fsp3) is 0.333. The standard InChI is InChI=1S/C12H16ClNS/c1-2-8-15-9-7-14-10-11-3-5-12(13)6-4-11/h2-6,14H,1,7-10H2. The van der Waals surface area contributed by atoms with Gasteiger partial charge in [-0.1, -0.05) is 29.8 Å². The van der Waals surface area contributed by atoms with E-state index in [9.17, 15) is 0 Å². The summed E-state index contributed by atoms with van der Waals surface area (Å²) in [6.45, 7) is 5.62. The van der Waals surface area contributed by atoms with Crippen LogP contribution in [0.4, 0.5) is 0 Å². The van der Waals surface area contributed by atoms with Crippen LogP contribution in [0.5, 0.6) is 0 Å². The van der Waals surface area contributed by atoms with Crippen molar-refractivity contribution in [2.24, 2.45) is 0 Å². The largest absolute Gasteiger partial charge is 0.312 e. The van der Waals surface area contributed by atoms with Gasteiger partial charge in [-0.15, -0.1) is 6.58 Å². The maximum atomic E-state index is 5.80. The van der Waals surface area contributed by atoms with Crippen LogP contribution in [0.3, 0.4) is 0 Å². The van der Waals surface area contributed by atoms with Crippen LogP contribution in [0.25, 0.3) is 0 Å². The Kier molecular flexibility index (Phi) is 6.57. The molecular weight excluding hydrogens is 226 g/mol. The number of thioether (sulfide) groups is 1. The van der Waals surface area contributed by atoms with Gasteiger partial charge in [0.2, 0.25) is 0 Å². The summed E-state index contributed by atoms with van der Waals surface area (Å²) >= 11 is 7.69. The van der Waals surface area contributed by atoms with Gasteiger partial charge in [-0.2, -0.15) is 11.8 Å². The molecule has 0 aromatic heterocycles. The summed E-state index contributed by atoms with van der Waals surface area (Å²) < 4.78 is 0. The predicted molar refractivity (Wildman–Crippen MR) is 70.7 cm³/mol. The first-order valence-corrected chi connectivity index (χ1v) is 6.50. The van der Waals surface area contributed by atoms with Crippen LogP contribution in [0, 0.1) is 0 Å². The van der Waals surface area contributed by atoms with Crippen molar-refractivity contribution < 1.29 is 0 Å². The second-order valence-electron chi connectivity index (χ2n) is 3.17. The van der Waals surface area contributed by atoms with Crippen LogP contribution in [-0.4, -0.2) is 18.1 Å². The average Bonchev–Trinajstić information content (AvgIpc) is 2.26. The summed E-state index contributed by atoms with van der Waals surface area (Å²) in [5, 5.41) is 4.17. The van der Waals surface area contributed by atoms with Crippen molar-refractivity contribution >= 4 is 23.4 Å². The minimum Gasteiger partial charge on any atom is -0.312 e. The normalized spacial score (nSPS) is 10.2. The molecule has 82 valence electrons. The molecule has 0 saturated heterocycles. The minimum atomic E-state index is 0.792. The lowest BCUT2D eigenvalue weighted by atomic mass is 10.2. The summed E-state index contributed by atoms with van der Waals surface area (Å²) in [4.78, 5) is 0. The highest BCUT2D eigenvalue weighted by Gasteiger charge is 1.92. The monoisotopic (exact) mass is 241 g/mol. The molecule has 1 aromatic carbocycles. The third kappa shape index (κ3) is 5.88. The van der Waals surface area contributed by atoms with Crippen molar-refractivity contribution in [3.05, 3.63) is 47.5 Å². The SMILES string of the molecule is C=CCSCCNCc1ccc(Cl)cc1. The fourth-order valence-corrected chi connectivity index (χ4v) is 1.89. The zero-order valence-electron chi connectivity index (χ0n) is 8.71. The van der Waals surface area contributed by atoms with E-state index in [1.165, 1.54) is 5.56 Å². The van der Waals surface area contributed by atoms with Crippen molar-refractivity contribution in [2.75, 3.05) is 18.1 Å². The molecule has 0 aliphatic carbocycles. The van der Waals surface area contributed by atoms with Gasteiger partial charge in [-0.05, 0) is 17.7 Å². The van der Waals surface area contributed by atoms with E-state index in [4.69, 9.17) is 11.6 Å².